The normalized spacial score (nSPS) is 16.4. The summed E-state index contributed by atoms with van der Waals surface area (Å²) in [5, 5.41) is 30.6. The molecule has 0 aliphatic carbocycles. The number of hydrogen-bond acceptors (Lipinski definition) is 9. The summed E-state index contributed by atoms with van der Waals surface area (Å²) in [5.74, 6) is -1.81. The Kier molecular flexibility index (Phi) is 11.4. The summed E-state index contributed by atoms with van der Waals surface area (Å²) in [5.41, 5.74) is 5.80. The Morgan fingerprint density at radius 2 is 1.79 bits per heavy atom. The maximum atomic E-state index is 9.55. The molecule has 2 aromatic carbocycles. The Morgan fingerprint density at radius 3 is 2.42 bits per heavy atom. The molecule has 2 saturated heterocycles. The fourth-order valence-electron chi connectivity index (χ4n) is 5.45. The predicted octanol–water partition coefficient (Wildman–Crippen LogP) is 4.16. The number of ether oxygens (including phenoxy) is 2. The quantitative estimate of drug-likeness (QED) is 0.328. The molecule has 3 aromatic rings. The van der Waals surface area contributed by atoms with Crippen molar-refractivity contribution in [2.24, 2.45) is 5.92 Å². The van der Waals surface area contributed by atoms with Crippen LogP contribution in [-0.2, 0) is 32.0 Å². The molecule has 2 N–H and O–H groups in total. The van der Waals surface area contributed by atoms with Crippen LogP contribution in [-0.4, -0.2) is 90.3 Å². The van der Waals surface area contributed by atoms with E-state index in [1.807, 2.05) is 18.2 Å². The van der Waals surface area contributed by atoms with Crippen LogP contribution < -0.4 is 0 Å². The summed E-state index contributed by atoms with van der Waals surface area (Å²) >= 11 is 0. The SMILES string of the molecule is CN(C)Cc1c(-c2cccc(C#N)c2)ccc2c(CCC3CCN(CC4OCCO4)CC3)noc12.O=C(O)C=CC(=O)O. The van der Waals surface area contributed by atoms with Crippen molar-refractivity contribution in [3.05, 3.63) is 65.4 Å². The van der Waals surface area contributed by atoms with Gasteiger partial charge in [-0.15, -0.1) is 0 Å². The lowest BCUT2D eigenvalue weighted by Gasteiger charge is -2.32. The molecule has 5 rings (SSSR count). The molecular weight excluding hydrogens is 552 g/mol. The van der Waals surface area contributed by atoms with Crippen LogP contribution in [0.2, 0.25) is 0 Å². The van der Waals surface area contributed by atoms with Gasteiger partial charge in [0.2, 0.25) is 0 Å². The van der Waals surface area contributed by atoms with Crippen molar-refractivity contribution in [2.45, 2.75) is 38.5 Å². The molecule has 228 valence electrons. The summed E-state index contributed by atoms with van der Waals surface area (Å²) in [6.45, 7) is 5.27. The predicted molar refractivity (Wildman–Crippen MR) is 159 cm³/mol. The Hall–Kier alpha value is -4.08. The Morgan fingerprint density at radius 1 is 1.09 bits per heavy atom. The molecule has 2 aliphatic heterocycles. The third-order valence-electron chi connectivity index (χ3n) is 7.56. The van der Waals surface area contributed by atoms with Crippen LogP contribution >= 0.6 is 0 Å². The highest BCUT2D eigenvalue weighted by Crippen LogP contribution is 2.34. The van der Waals surface area contributed by atoms with E-state index in [0.717, 1.165) is 85.6 Å². The van der Waals surface area contributed by atoms with Crippen molar-refractivity contribution in [3.63, 3.8) is 0 Å². The molecule has 0 saturated carbocycles. The van der Waals surface area contributed by atoms with Crippen molar-refractivity contribution in [3.8, 4) is 17.2 Å². The minimum Gasteiger partial charge on any atom is -0.478 e. The first-order valence-electron chi connectivity index (χ1n) is 14.4. The van der Waals surface area contributed by atoms with Gasteiger partial charge in [-0.05, 0) is 88.1 Å². The van der Waals surface area contributed by atoms with E-state index in [4.69, 9.17) is 24.2 Å². The smallest absolute Gasteiger partial charge is 0.328 e. The van der Waals surface area contributed by atoms with Gasteiger partial charge < -0.3 is 29.1 Å². The highest BCUT2D eigenvalue weighted by atomic mass is 16.7. The summed E-state index contributed by atoms with van der Waals surface area (Å²) in [6.07, 6.45) is 5.53. The minimum absolute atomic E-state index is 0.0447. The molecule has 11 heteroatoms. The Balaban J connectivity index is 0.000000467. The first kappa shape index (κ1) is 31.8. The lowest BCUT2D eigenvalue weighted by Crippen LogP contribution is -2.39. The first-order valence-corrected chi connectivity index (χ1v) is 14.4. The number of nitrogens with zero attached hydrogens (tertiary/aromatic N) is 4. The number of carboxylic acid groups (broad SMARTS) is 2. The van der Waals surface area contributed by atoms with E-state index < -0.39 is 11.9 Å². The fourth-order valence-corrected chi connectivity index (χ4v) is 5.45. The molecule has 2 aliphatic rings. The molecular formula is C32H38N4O7. The maximum absolute atomic E-state index is 9.55. The molecule has 0 radical (unpaired) electrons. The molecule has 0 unspecified atom stereocenters. The van der Waals surface area contributed by atoms with Gasteiger partial charge in [-0.3, -0.25) is 4.90 Å². The van der Waals surface area contributed by atoms with E-state index in [9.17, 15) is 14.9 Å². The molecule has 0 atom stereocenters. The van der Waals surface area contributed by atoms with E-state index in [1.165, 1.54) is 12.8 Å². The number of nitriles is 1. The highest BCUT2D eigenvalue weighted by molar-refractivity contribution is 5.90. The number of likely N-dealkylation sites (tertiary alicyclic amines) is 1. The summed E-state index contributed by atoms with van der Waals surface area (Å²) < 4.78 is 17.2. The number of carboxylic acids is 2. The molecule has 2 fully saturated rings. The van der Waals surface area contributed by atoms with Crippen molar-refractivity contribution in [1.29, 1.82) is 5.26 Å². The number of aryl methyl sites for hydroxylation is 1. The Bertz CT molecular complexity index is 1450. The van der Waals surface area contributed by atoms with Crippen molar-refractivity contribution in [1.82, 2.24) is 15.0 Å². The van der Waals surface area contributed by atoms with Crippen LogP contribution in [0.25, 0.3) is 22.1 Å². The molecule has 1 aromatic heterocycles. The van der Waals surface area contributed by atoms with Gasteiger partial charge in [-0.2, -0.15) is 5.26 Å². The van der Waals surface area contributed by atoms with Gasteiger partial charge in [0.05, 0.1) is 30.5 Å². The molecule has 0 spiro atoms. The number of aliphatic carboxylic acids is 2. The zero-order valence-electron chi connectivity index (χ0n) is 24.6. The monoisotopic (exact) mass is 590 g/mol. The second-order valence-electron chi connectivity index (χ2n) is 11.0. The topological polar surface area (TPSA) is 149 Å². The lowest BCUT2D eigenvalue weighted by atomic mass is 9.90. The summed E-state index contributed by atoms with van der Waals surface area (Å²) in [7, 11) is 4.12. The number of hydrogen-bond donors (Lipinski definition) is 2. The number of benzene rings is 2. The standard InChI is InChI=1S/C28H34N4O3.C4H4O4/c1-31(2)18-25-23(22-5-3-4-21(16-22)17-29)7-8-24-26(30-35-28(24)25)9-6-20-10-12-32(13-11-20)19-27-33-14-15-34-27;5-3(6)1-2-4(7)8/h3-5,7-8,16,20,27H,6,9-15,18-19H2,1-2H3;1-2H,(H,5,6)(H,7,8). The van der Waals surface area contributed by atoms with E-state index >= 15 is 0 Å². The van der Waals surface area contributed by atoms with Crippen LogP contribution in [0.5, 0.6) is 0 Å². The average Bonchev–Trinajstić information content (AvgIpc) is 3.66. The van der Waals surface area contributed by atoms with E-state index in [0.29, 0.717) is 23.6 Å². The second kappa shape index (κ2) is 15.4. The number of rotatable bonds is 10. The molecule has 11 nitrogen and oxygen atoms in total. The number of carbonyl (C=O) groups is 2. The van der Waals surface area contributed by atoms with E-state index in [2.05, 4.69) is 53.3 Å². The Labute approximate surface area is 250 Å². The lowest BCUT2D eigenvalue weighted by molar-refractivity contribution is -0.134. The number of aromatic nitrogens is 1. The first-order chi connectivity index (χ1) is 20.7. The minimum atomic E-state index is -1.26. The van der Waals surface area contributed by atoms with E-state index in [1.54, 1.807) is 0 Å². The highest BCUT2D eigenvalue weighted by Gasteiger charge is 2.25. The zero-order valence-corrected chi connectivity index (χ0v) is 24.6. The third kappa shape index (κ3) is 9.20. The van der Waals surface area contributed by atoms with E-state index in [-0.39, 0.29) is 6.29 Å². The van der Waals surface area contributed by atoms with Gasteiger partial charge >= 0.3 is 11.9 Å². The van der Waals surface area contributed by atoms with Crippen LogP contribution in [0.15, 0.2) is 53.1 Å². The summed E-state index contributed by atoms with van der Waals surface area (Å²) in [4.78, 5) is 23.7. The van der Waals surface area contributed by atoms with Crippen LogP contribution in [0, 0.1) is 17.2 Å². The van der Waals surface area contributed by atoms with Gasteiger partial charge in [0, 0.05) is 36.2 Å². The van der Waals surface area contributed by atoms with Crippen molar-refractivity contribution < 1.29 is 33.8 Å². The maximum Gasteiger partial charge on any atom is 0.328 e. The second-order valence-corrected chi connectivity index (χ2v) is 11.0. The largest absolute Gasteiger partial charge is 0.478 e. The van der Waals surface area contributed by atoms with Gasteiger partial charge in [0.25, 0.3) is 0 Å². The molecule has 3 heterocycles. The van der Waals surface area contributed by atoms with Crippen LogP contribution in [0.4, 0.5) is 0 Å². The van der Waals surface area contributed by atoms with Gasteiger partial charge in [-0.1, -0.05) is 23.4 Å². The van der Waals surface area contributed by atoms with Crippen molar-refractivity contribution in [2.75, 3.05) is 46.9 Å². The molecule has 0 amide bonds. The third-order valence-corrected chi connectivity index (χ3v) is 7.56. The number of fused-ring (bicyclic) bond motifs is 1. The van der Waals surface area contributed by atoms with Crippen LogP contribution in [0.3, 0.4) is 0 Å². The van der Waals surface area contributed by atoms with Gasteiger partial charge in [0.15, 0.2) is 11.9 Å². The summed E-state index contributed by atoms with van der Waals surface area (Å²) in [6, 6.07) is 14.3. The van der Waals surface area contributed by atoms with Gasteiger partial charge in [-0.25, -0.2) is 9.59 Å². The molecule has 43 heavy (non-hydrogen) atoms. The van der Waals surface area contributed by atoms with Crippen molar-refractivity contribution >= 4 is 22.9 Å². The van der Waals surface area contributed by atoms with Gasteiger partial charge in [0.1, 0.15) is 0 Å². The molecule has 0 bridgehead atoms. The fraction of sp³-hybridized carbons (Fsp3) is 0.438. The zero-order chi connectivity index (χ0) is 30.8. The number of piperidine rings is 1. The van der Waals surface area contributed by atoms with Crippen LogP contribution in [0.1, 0.15) is 36.1 Å². The average molecular weight is 591 g/mol.